The molecule has 2 nitrogen and oxygen atoms in total. The first-order chi connectivity index (χ1) is 7.00. The van der Waals surface area contributed by atoms with Gasteiger partial charge >= 0.3 is 0 Å². The van der Waals surface area contributed by atoms with Gasteiger partial charge in [0.15, 0.2) is 0 Å². The van der Waals surface area contributed by atoms with Crippen molar-refractivity contribution in [3.63, 3.8) is 0 Å². The van der Waals surface area contributed by atoms with Gasteiger partial charge in [0, 0.05) is 4.91 Å². The molecule has 0 saturated heterocycles. The molecule has 0 aromatic rings. The number of nitriles is 1. The minimum absolute atomic E-state index is 0.135. The molecule has 15 heavy (non-hydrogen) atoms. The van der Waals surface area contributed by atoms with E-state index in [1.165, 1.54) is 11.8 Å². The lowest BCUT2D eigenvalue weighted by molar-refractivity contribution is 0.422. The van der Waals surface area contributed by atoms with Crippen molar-refractivity contribution in [2.24, 2.45) is 10.9 Å². The third-order valence-corrected chi connectivity index (χ3v) is 5.47. The summed E-state index contributed by atoms with van der Waals surface area (Å²) in [6, 6.07) is 0. The molecule has 0 bridgehead atoms. The van der Waals surface area contributed by atoms with Crippen molar-refractivity contribution in [2.75, 3.05) is 5.08 Å². The molecule has 1 aliphatic heterocycles. The summed E-state index contributed by atoms with van der Waals surface area (Å²) < 4.78 is 1.04. The zero-order valence-electron chi connectivity index (χ0n) is 9.11. The van der Waals surface area contributed by atoms with Gasteiger partial charge in [-0.05, 0) is 24.6 Å². The topological polar surface area (TPSA) is 36.1 Å². The van der Waals surface area contributed by atoms with Gasteiger partial charge in [0.25, 0.3) is 0 Å². The lowest BCUT2D eigenvalue weighted by Crippen LogP contribution is -2.27. The standard InChI is InChI=1S/C10H14N2S3/c1-7(2)10(4)8(3)15-9(12-10)14-6-13-5-11/h7H,3,6H2,1-2,4H3. The van der Waals surface area contributed by atoms with Gasteiger partial charge < -0.3 is 0 Å². The van der Waals surface area contributed by atoms with E-state index in [9.17, 15) is 0 Å². The van der Waals surface area contributed by atoms with Gasteiger partial charge in [0.05, 0.1) is 10.6 Å². The van der Waals surface area contributed by atoms with Gasteiger partial charge in [-0.15, -0.1) is 0 Å². The highest BCUT2D eigenvalue weighted by Crippen LogP contribution is 2.45. The Morgan fingerprint density at radius 3 is 2.80 bits per heavy atom. The van der Waals surface area contributed by atoms with Gasteiger partial charge in [0.2, 0.25) is 0 Å². The molecule has 1 atom stereocenters. The molecule has 0 N–H and O–H groups in total. The van der Waals surface area contributed by atoms with Crippen LogP contribution in [-0.4, -0.2) is 15.0 Å². The van der Waals surface area contributed by atoms with Crippen molar-refractivity contribution in [3.05, 3.63) is 11.5 Å². The first-order valence-electron chi connectivity index (χ1n) is 4.61. The molecule has 0 fully saturated rings. The summed E-state index contributed by atoms with van der Waals surface area (Å²) in [5.41, 5.74) is -0.135. The predicted octanol–water partition coefficient (Wildman–Crippen LogP) is 3.92. The number of hydrogen-bond donors (Lipinski definition) is 0. The zero-order chi connectivity index (χ0) is 11.5. The number of thiocyanates is 1. The molecule has 0 aliphatic carbocycles. The molecule has 1 unspecified atom stereocenters. The summed E-state index contributed by atoms with van der Waals surface area (Å²) in [6.07, 6.45) is 0. The molecule has 1 aliphatic rings. The van der Waals surface area contributed by atoms with Crippen molar-refractivity contribution in [1.29, 1.82) is 5.26 Å². The molecule has 5 heteroatoms. The average molecular weight is 258 g/mol. The van der Waals surface area contributed by atoms with Crippen LogP contribution in [0, 0.1) is 16.6 Å². The van der Waals surface area contributed by atoms with E-state index in [-0.39, 0.29) is 5.54 Å². The monoisotopic (exact) mass is 258 g/mol. The van der Waals surface area contributed by atoms with Crippen LogP contribution in [0.4, 0.5) is 0 Å². The van der Waals surface area contributed by atoms with E-state index >= 15 is 0 Å². The number of hydrogen-bond acceptors (Lipinski definition) is 5. The lowest BCUT2D eigenvalue weighted by atomic mass is 9.89. The molecule has 0 aromatic heterocycles. The minimum Gasteiger partial charge on any atom is -0.259 e. The first kappa shape index (κ1) is 13.0. The fourth-order valence-electron chi connectivity index (χ4n) is 1.10. The fraction of sp³-hybridized carbons (Fsp3) is 0.600. The molecule has 1 heterocycles. The average Bonchev–Trinajstić information content (AvgIpc) is 2.44. The second-order valence-corrected chi connectivity index (χ2v) is 7.13. The summed E-state index contributed by atoms with van der Waals surface area (Å²) in [4.78, 5) is 5.81. The highest BCUT2D eigenvalue weighted by atomic mass is 32.2. The zero-order valence-corrected chi connectivity index (χ0v) is 11.6. The van der Waals surface area contributed by atoms with E-state index in [2.05, 4.69) is 32.8 Å². The van der Waals surface area contributed by atoms with Crippen molar-refractivity contribution in [3.8, 4) is 5.40 Å². The molecular weight excluding hydrogens is 244 g/mol. The van der Waals surface area contributed by atoms with Crippen LogP contribution in [0.1, 0.15) is 20.8 Å². The number of thioether (sulfide) groups is 3. The summed E-state index contributed by atoms with van der Waals surface area (Å²) >= 11 is 4.52. The smallest absolute Gasteiger partial charge is 0.134 e. The molecule has 82 valence electrons. The van der Waals surface area contributed by atoms with E-state index in [1.54, 1.807) is 23.5 Å². The van der Waals surface area contributed by atoms with Crippen LogP contribution in [0.2, 0.25) is 0 Å². The van der Waals surface area contributed by atoms with E-state index in [0.29, 0.717) is 5.92 Å². The van der Waals surface area contributed by atoms with Crippen LogP contribution in [-0.2, 0) is 0 Å². The Kier molecular flexibility index (Phi) is 4.63. The largest absolute Gasteiger partial charge is 0.259 e. The molecule has 0 aromatic carbocycles. The van der Waals surface area contributed by atoms with Crippen LogP contribution in [0.3, 0.4) is 0 Å². The highest BCUT2D eigenvalue weighted by molar-refractivity contribution is 8.43. The van der Waals surface area contributed by atoms with Gasteiger partial charge in [0.1, 0.15) is 9.78 Å². The maximum atomic E-state index is 8.42. The first-order valence-corrected chi connectivity index (χ1v) is 7.40. The molecule has 0 radical (unpaired) electrons. The maximum Gasteiger partial charge on any atom is 0.134 e. The Hall–Kier alpha value is -0.0500. The molecule has 0 amide bonds. The van der Waals surface area contributed by atoms with Crippen LogP contribution in [0.25, 0.3) is 0 Å². The minimum atomic E-state index is -0.135. The van der Waals surface area contributed by atoms with Crippen molar-refractivity contribution in [1.82, 2.24) is 0 Å². The molecule has 1 rings (SSSR count). The normalized spacial score (nSPS) is 25.5. The van der Waals surface area contributed by atoms with Crippen LogP contribution in [0.15, 0.2) is 16.5 Å². The molecule has 0 saturated carbocycles. The Morgan fingerprint density at radius 2 is 2.33 bits per heavy atom. The van der Waals surface area contributed by atoms with Gasteiger partial charge in [-0.2, -0.15) is 5.26 Å². The number of aliphatic imine (C=N–C) groups is 1. The summed E-state index contributed by atoms with van der Waals surface area (Å²) in [5.74, 6) is 0.458. The van der Waals surface area contributed by atoms with E-state index in [0.717, 1.165) is 14.4 Å². The summed E-state index contributed by atoms with van der Waals surface area (Å²) in [6.45, 7) is 10.5. The van der Waals surface area contributed by atoms with E-state index < -0.39 is 0 Å². The van der Waals surface area contributed by atoms with E-state index in [4.69, 9.17) is 10.3 Å². The van der Waals surface area contributed by atoms with Gasteiger partial charge in [-0.1, -0.05) is 44.0 Å². The Labute approximate surface area is 104 Å². The summed E-state index contributed by atoms with van der Waals surface area (Å²) in [5, 5.41) is 11.2. The summed E-state index contributed by atoms with van der Waals surface area (Å²) in [7, 11) is 0. The van der Waals surface area contributed by atoms with Crippen molar-refractivity contribution >= 4 is 39.7 Å². The molecule has 0 spiro atoms. The number of rotatable bonds is 3. The lowest BCUT2D eigenvalue weighted by Gasteiger charge is -2.25. The third kappa shape index (κ3) is 2.96. The quantitative estimate of drug-likeness (QED) is 0.437. The van der Waals surface area contributed by atoms with Crippen LogP contribution < -0.4 is 0 Å². The van der Waals surface area contributed by atoms with Gasteiger partial charge in [-0.3, -0.25) is 4.99 Å². The maximum absolute atomic E-state index is 8.42. The Bertz CT molecular complexity index is 330. The van der Waals surface area contributed by atoms with Crippen molar-refractivity contribution in [2.45, 2.75) is 26.3 Å². The second-order valence-electron chi connectivity index (χ2n) is 3.70. The Morgan fingerprint density at radius 1 is 1.67 bits per heavy atom. The fourth-order valence-corrected chi connectivity index (χ4v) is 4.11. The van der Waals surface area contributed by atoms with Crippen molar-refractivity contribution < 1.29 is 0 Å². The predicted molar refractivity (Wildman–Crippen MR) is 73.1 cm³/mol. The third-order valence-electron chi connectivity index (χ3n) is 2.53. The second kappa shape index (κ2) is 5.33. The van der Waals surface area contributed by atoms with Crippen LogP contribution in [0.5, 0.6) is 0 Å². The van der Waals surface area contributed by atoms with Gasteiger partial charge in [-0.25, -0.2) is 0 Å². The van der Waals surface area contributed by atoms with E-state index in [1.807, 2.05) is 0 Å². The highest BCUT2D eigenvalue weighted by Gasteiger charge is 2.37. The molecular formula is C10H14N2S3. The van der Waals surface area contributed by atoms with Crippen LogP contribution >= 0.6 is 35.3 Å². The SMILES string of the molecule is C=C1SC(SCSC#N)=NC1(C)C(C)C. The number of nitrogens with zero attached hydrogens (tertiary/aromatic N) is 2. The Balaban J connectivity index is 2.64.